The Morgan fingerprint density at radius 3 is 2.74 bits per heavy atom. The quantitative estimate of drug-likeness (QED) is 0.906. The van der Waals surface area contributed by atoms with Gasteiger partial charge < -0.3 is 9.84 Å². The van der Waals surface area contributed by atoms with Gasteiger partial charge in [-0.05, 0) is 30.5 Å². The van der Waals surface area contributed by atoms with Crippen molar-refractivity contribution < 1.29 is 23.1 Å². The Labute approximate surface area is 112 Å². The van der Waals surface area contributed by atoms with Gasteiger partial charge in [0.15, 0.2) is 9.84 Å². The molecular weight excluding hydrogens is 268 g/mol. The molecule has 0 amide bonds. The molecule has 1 aromatic carbocycles. The average Bonchev–Trinajstić information content (AvgIpc) is 2.92. The van der Waals surface area contributed by atoms with Crippen molar-refractivity contribution in [3.63, 3.8) is 0 Å². The zero-order valence-electron chi connectivity index (χ0n) is 10.6. The SMILES string of the molecule is CCc1ccc(S(=O)(=O)C2CCOC2)cc1C(=O)O. The number of carboxylic acids is 1. The van der Waals surface area contributed by atoms with Gasteiger partial charge in [-0.3, -0.25) is 0 Å². The molecule has 0 bridgehead atoms. The number of carboxylic acid groups (broad SMARTS) is 1. The highest BCUT2D eigenvalue weighted by atomic mass is 32.2. The first-order valence-electron chi connectivity index (χ1n) is 6.14. The smallest absolute Gasteiger partial charge is 0.336 e. The van der Waals surface area contributed by atoms with Crippen molar-refractivity contribution in [3.05, 3.63) is 29.3 Å². The van der Waals surface area contributed by atoms with Gasteiger partial charge in [0.25, 0.3) is 0 Å². The predicted molar refractivity (Wildman–Crippen MR) is 69.2 cm³/mol. The lowest BCUT2D eigenvalue weighted by Gasteiger charge is -2.12. The van der Waals surface area contributed by atoms with Crippen LogP contribution < -0.4 is 0 Å². The molecule has 1 fully saturated rings. The fourth-order valence-electron chi connectivity index (χ4n) is 2.19. The standard InChI is InChI=1S/C13H16O5S/c1-2-9-3-4-10(7-12(9)13(14)15)19(16,17)11-5-6-18-8-11/h3-4,7,11H,2,5-6,8H2,1H3,(H,14,15). The van der Waals surface area contributed by atoms with E-state index in [1.54, 1.807) is 6.07 Å². The van der Waals surface area contributed by atoms with E-state index in [9.17, 15) is 13.2 Å². The third-order valence-electron chi connectivity index (χ3n) is 3.35. The molecule has 0 aliphatic carbocycles. The summed E-state index contributed by atoms with van der Waals surface area (Å²) in [4.78, 5) is 11.2. The average molecular weight is 284 g/mol. The molecule has 1 aliphatic rings. The summed E-state index contributed by atoms with van der Waals surface area (Å²) in [6.45, 7) is 2.45. The van der Waals surface area contributed by atoms with E-state index in [4.69, 9.17) is 9.84 Å². The lowest BCUT2D eigenvalue weighted by atomic mass is 10.1. The molecule has 0 saturated carbocycles. The number of hydrogen-bond donors (Lipinski definition) is 1. The second-order valence-corrected chi connectivity index (χ2v) is 6.74. The minimum Gasteiger partial charge on any atom is -0.478 e. The number of hydrogen-bond acceptors (Lipinski definition) is 4. The van der Waals surface area contributed by atoms with Gasteiger partial charge in [0, 0.05) is 6.61 Å². The highest BCUT2D eigenvalue weighted by molar-refractivity contribution is 7.92. The largest absolute Gasteiger partial charge is 0.478 e. The Balaban J connectivity index is 2.45. The summed E-state index contributed by atoms with van der Waals surface area (Å²) in [5.41, 5.74) is 0.691. The summed E-state index contributed by atoms with van der Waals surface area (Å²) in [6, 6.07) is 4.32. The third-order valence-corrected chi connectivity index (χ3v) is 5.51. The maximum absolute atomic E-state index is 12.3. The van der Waals surface area contributed by atoms with Gasteiger partial charge >= 0.3 is 5.97 Å². The Morgan fingerprint density at radius 2 is 2.21 bits per heavy atom. The van der Waals surface area contributed by atoms with Gasteiger partial charge in [0.2, 0.25) is 0 Å². The van der Waals surface area contributed by atoms with Crippen LogP contribution in [0.3, 0.4) is 0 Å². The number of sulfone groups is 1. The van der Waals surface area contributed by atoms with Gasteiger partial charge in [-0.1, -0.05) is 13.0 Å². The normalized spacial score (nSPS) is 19.5. The van der Waals surface area contributed by atoms with Gasteiger partial charge in [0.05, 0.1) is 22.3 Å². The van der Waals surface area contributed by atoms with Crippen LogP contribution in [0.15, 0.2) is 23.1 Å². The molecule has 104 valence electrons. The number of ether oxygens (including phenoxy) is 1. The molecule has 19 heavy (non-hydrogen) atoms. The molecule has 0 radical (unpaired) electrons. The minimum atomic E-state index is -3.51. The highest BCUT2D eigenvalue weighted by Gasteiger charge is 2.31. The van der Waals surface area contributed by atoms with Crippen LogP contribution in [0, 0.1) is 0 Å². The Morgan fingerprint density at radius 1 is 1.47 bits per heavy atom. The zero-order chi connectivity index (χ0) is 14.0. The molecule has 1 unspecified atom stereocenters. The number of benzene rings is 1. The van der Waals surface area contributed by atoms with E-state index < -0.39 is 21.1 Å². The van der Waals surface area contributed by atoms with Gasteiger partial charge in [0.1, 0.15) is 0 Å². The van der Waals surface area contributed by atoms with E-state index in [-0.39, 0.29) is 17.1 Å². The van der Waals surface area contributed by atoms with Crippen LogP contribution in [0.2, 0.25) is 0 Å². The maximum atomic E-state index is 12.3. The van der Waals surface area contributed by atoms with Crippen molar-refractivity contribution in [2.75, 3.05) is 13.2 Å². The van der Waals surface area contributed by atoms with Crippen LogP contribution in [-0.2, 0) is 21.0 Å². The fraction of sp³-hybridized carbons (Fsp3) is 0.462. The number of carbonyl (C=O) groups is 1. The molecule has 6 heteroatoms. The Hall–Kier alpha value is -1.40. The zero-order valence-corrected chi connectivity index (χ0v) is 11.4. The Kier molecular flexibility index (Phi) is 3.91. The van der Waals surface area contributed by atoms with Crippen molar-refractivity contribution in [2.45, 2.75) is 29.9 Å². The monoisotopic (exact) mass is 284 g/mol. The summed E-state index contributed by atoms with van der Waals surface area (Å²) >= 11 is 0. The van der Waals surface area contributed by atoms with Crippen molar-refractivity contribution in [1.29, 1.82) is 0 Å². The molecule has 5 nitrogen and oxygen atoms in total. The number of rotatable bonds is 4. The molecule has 1 atom stereocenters. The molecule has 0 spiro atoms. The van der Waals surface area contributed by atoms with E-state index in [0.29, 0.717) is 25.0 Å². The van der Waals surface area contributed by atoms with Crippen LogP contribution in [0.25, 0.3) is 0 Å². The first-order chi connectivity index (χ1) is 8.96. The first kappa shape index (κ1) is 14.0. The van der Waals surface area contributed by atoms with Crippen molar-refractivity contribution in [1.82, 2.24) is 0 Å². The summed E-state index contributed by atoms with van der Waals surface area (Å²) in [5.74, 6) is -1.10. The lowest BCUT2D eigenvalue weighted by Crippen LogP contribution is -2.22. The molecule has 0 aromatic heterocycles. The van der Waals surface area contributed by atoms with E-state index in [2.05, 4.69) is 0 Å². The molecule has 1 aromatic rings. The predicted octanol–water partition coefficient (Wildman–Crippen LogP) is 1.51. The third kappa shape index (κ3) is 2.64. The van der Waals surface area contributed by atoms with Crippen LogP contribution in [-0.4, -0.2) is 38.0 Å². The maximum Gasteiger partial charge on any atom is 0.336 e. The first-order valence-corrected chi connectivity index (χ1v) is 7.69. The van der Waals surface area contributed by atoms with Gasteiger partial charge in [-0.25, -0.2) is 13.2 Å². The summed E-state index contributed by atoms with van der Waals surface area (Å²) in [7, 11) is -3.51. The summed E-state index contributed by atoms with van der Waals surface area (Å²) < 4.78 is 29.8. The summed E-state index contributed by atoms with van der Waals surface area (Å²) in [5, 5.41) is 8.56. The topological polar surface area (TPSA) is 80.7 Å². The number of aromatic carboxylic acids is 1. The molecule has 1 saturated heterocycles. The number of aryl methyl sites for hydroxylation is 1. The van der Waals surface area contributed by atoms with Gasteiger partial charge in [-0.2, -0.15) is 0 Å². The van der Waals surface area contributed by atoms with Crippen molar-refractivity contribution in [2.24, 2.45) is 0 Å². The Bertz CT molecular complexity index is 585. The molecular formula is C13H16O5S. The molecule has 2 rings (SSSR count). The highest BCUT2D eigenvalue weighted by Crippen LogP contribution is 2.24. The molecule has 1 aliphatic heterocycles. The minimum absolute atomic E-state index is 0.0579. The van der Waals surface area contributed by atoms with E-state index in [0.717, 1.165) is 0 Å². The second kappa shape index (κ2) is 5.30. The lowest BCUT2D eigenvalue weighted by molar-refractivity contribution is 0.0695. The molecule has 1 N–H and O–H groups in total. The van der Waals surface area contributed by atoms with Crippen molar-refractivity contribution >= 4 is 15.8 Å². The van der Waals surface area contributed by atoms with Crippen LogP contribution in [0.1, 0.15) is 29.3 Å². The van der Waals surface area contributed by atoms with Crippen molar-refractivity contribution in [3.8, 4) is 0 Å². The summed E-state index contributed by atoms with van der Waals surface area (Å²) in [6.07, 6.45) is 1.01. The second-order valence-electron chi connectivity index (χ2n) is 4.51. The fourth-order valence-corrected chi connectivity index (χ4v) is 3.80. The van der Waals surface area contributed by atoms with E-state index in [1.165, 1.54) is 12.1 Å². The van der Waals surface area contributed by atoms with E-state index >= 15 is 0 Å². The van der Waals surface area contributed by atoms with Crippen LogP contribution in [0.5, 0.6) is 0 Å². The van der Waals surface area contributed by atoms with Crippen LogP contribution in [0.4, 0.5) is 0 Å². The van der Waals surface area contributed by atoms with E-state index in [1.807, 2.05) is 6.92 Å². The van der Waals surface area contributed by atoms with Crippen LogP contribution >= 0.6 is 0 Å². The molecule has 1 heterocycles. The van der Waals surface area contributed by atoms with Gasteiger partial charge in [-0.15, -0.1) is 0 Å².